The summed E-state index contributed by atoms with van der Waals surface area (Å²) < 4.78 is 0. The molecule has 2 aromatic rings. The van der Waals surface area contributed by atoms with Gasteiger partial charge in [-0.25, -0.2) is 0 Å². The number of nitrogens with zero attached hydrogens (tertiary/aromatic N) is 2. The highest BCUT2D eigenvalue weighted by atomic mass is 32.1. The number of hydrogen-bond donors (Lipinski definition) is 0. The van der Waals surface area contributed by atoms with Crippen molar-refractivity contribution in [3.8, 4) is 0 Å². The Bertz CT molecular complexity index is 867. The summed E-state index contributed by atoms with van der Waals surface area (Å²) in [7, 11) is 0. The molecule has 0 fully saturated rings. The molecule has 1 aromatic heterocycles. The molecule has 0 N–H and O–H groups in total. The standard InChI is InChI=1S/C24H30N2O2S/c1-5-13-25(21(27)16-24(2,3)4)17-22(28)26-14-11-20-19(12-15-29-20)23(26)18-9-7-6-8-10-18/h5-10,12,15,23H,1,11,13-14,16-17H2,2-4H3. The van der Waals surface area contributed by atoms with E-state index in [1.807, 2.05) is 43.9 Å². The van der Waals surface area contributed by atoms with Crippen LogP contribution in [0.2, 0.25) is 0 Å². The van der Waals surface area contributed by atoms with Crippen molar-refractivity contribution in [2.75, 3.05) is 19.6 Å². The van der Waals surface area contributed by atoms with E-state index in [0.29, 0.717) is 19.5 Å². The molecule has 3 rings (SSSR count). The van der Waals surface area contributed by atoms with E-state index in [1.165, 1.54) is 10.4 Å². The SMILES string of the molecule is C=CCN(CC(=O)N1CCc2sccc2C1c1ccccc1)C(=O)CC(C)(C)C. The summed E-state index contributed by atoms with van der Waals surface area (Å²) >= 11 is 1.76. The lowest BCUT2D eigenvalue weighted by Crippen LogP contribution is -2.47. The van der Waals surface area contributed by atoms with Crippen LogP contribution in [0.4, 0.5) is 0 Å². The molecule has 0 spiro atoms. The molecule has 2 amide bonds. The zero-order valence-electron chi connectivity index (χ0n) is 17.6. The lowest BCUT2D eigenvalue weighted by atomic mass is 9.91. The van der Waals surface area contributed by atoms with Crippen LogP contribution >= 0.6 is 11.3 Å². The van der Waals surface area contributed by atoms with Crippen LogP contribution in [-0.4, -0.2) is 41.2 Å². The fraction of sp³-hybridized carbons (Fsp3) is 0.417. The molecular weight excluding hydrogens is 380 g/mol. The van der Waals surface area contributed by atoms with E-state index in [2.05, 4.69) is 30.2 Å². The highest BCUT2D eigenvalue weighted by Gasteiger charge is 2.34. The van der Waals surface area contributed by atoms with E-state index >= 15 is 0 Å². The Labute approximate surface area is 177 Å². The second-order valence-electron chi connectivity index (χ2n) is 8.75. The Balaban J connectivity index is 1.84. The van der Waals surface area contributed by atoms with Crippen LogP contribution in [0.3, 0.4) is 0 Å². The van der Waals surface area contributed by atoms with Gasteiger partial charge in [-0.3, -0.25) is 9.59 Å². The highest BCUT2D eigenvalue weighted by molar-refractivity contribution is 7.10. The van der Waals surface area contributed by atoms with Gasteiger partial charge in [-0.1, -0.05) is 57.2 Å². The molecule has 29 heavy (non-hydrogen) atoms. The summed E-state index contributed by atoms with van der Waals surface area (Å²) in [5.41, 5.74) is 2.19. The number of carbonyl (C=O) groups excluding carboxylic acids is 2. The van der Waals surface area contributed by atoms with Crippen molar-refractivity contribution in [1.82, 2.24) is 9.80 Å². The molecule has 1 unspecified atom stereocenters. The van der Waals surface area contributed by atoms with E-state index in [9.17, 15) is 9.59 Å². The molecule has 1 aliphatic rings. The lowest BCUT2D eigenvalue weighted by molar-refractivity contribution is -0.142. The average Bonchev–Trinajstić information content (AvgIpc) is 3.15. The van der Waals surface area contributed by atoms with Gasteiger partial charge in [-0.2, -0.15) is 0 Å². The first-order chi connectivity index (χ1) is 13.8. The van der Waals surface area contributed by atoms with Crippen molar-refractivity contribution < 1.29 is 9.59 Å². The van der Waals surface area contributed by atoms with Crippen molar-refractivity contribution >= 4 is 23.2 Å². The molecule has 154 valence electrons. The molecule has 4 nitrogen and oxygen atoms in total. The Kier molecular flexibility index (Phi) is 6.58. The summed E-state index contributed by atoms with van der Waals surface area (Å²) in [6.45, 7) is 11.0. The van der Waals surface area contributed by atoms with Crippen LogP contribution in [0.15, 0.2) is 54.4 Å². The minimum atomic E-state index is -0.122. The molecule has 1 aliphatic heterocycles. The van der Waals surface area contributed by atoms with Crippen LogP contribution in [-0.2, 0) is 16.0 Å². The Morgan fingerprint density at radius 1 is 1.24 bits per heavy atom. The summed E-state index contributed by atoms with van der Waals surface area (Å²) in [5.74, 6) is -0.0185. The molecular formula is C24H30N2O2S. The van der Waals surface area contributed by atoms with Gasteiger partial charge in [0.25, 0.3) is 0 Å². The van der Waals surface area contributed by atoms with Gasteiger partial charge in [0, 0.05) is 24.4 Å². The summed E-state index contributed by atoms with van der Waals surface area (Å²) in [5, 5.41) is 2.10. The van der Waals surface area contributed by atoms with Gasteiger partial charge in [0.05, 0.1) is 6.04 Å². The number of amides is 2. The molecule has 1 atom stereocenters. The van der Waals surface area contributed by atoms with Crippen molar-refractivity contribution in [3.05, 3.63) is 70.4 Å². The van der Waals surface area contributed by atoms with Gasteiger partial charge < -0.3 is 9.80 Å². The molecule has 0 saturated heterocycles. The first kappa shape index (κ1) is 21.3. The van der Waals surface area contributed by atoms with Gasteiger partial charge in [0.15, 0.2) is 0 Å². The molecule has 5 heteroatoms. The van der Waals surface area contributed by atoms with Gasteiger partial charge >= 0.3 is 0 Å². The smallest absolute Gasteiger partial charge is 0.243 e. The topological polar surface area (TPSA) is 40.6 Å². The van der Waals surface area contributed by atoms with E-state index in [1.54, 1.807) is 22.3 Å². The van der Waals surface area contributed by atoms with E-state index in [4.69, 9.17) is 0 Å². The largest absolute Gasteiger partial charge is 0.330 e. The Morgan fingerprint density at radius 3 is 2.62 bits per heavy atom. The second kappa shape index (κ2) is 8.95. The van der Waals surface area contributed by atoms with Gasteiger partial charge in [-0.15, -0.1) is 17.9 Å². The maximum Gasteiger partial charge on any atom is 0.243 e. The van der Waals surface area contributed by atoms with Crippen LogP contribution in [0.1, 0.15) is 49.2 Å². The maximum absolute atomic E-state index is 13.4. The lowest BCUT2D eigenvalue weighted by Gasteiger charge is -2.37. The van der Waals surface area contributed by atoms with Gasteiger partial charge in [0.1, 0.15) is 6.54 Å². The minimum absolute atomic E-state index is 0.00440. The predicted octanol–water partition coefficient (Wildman–Crippen LogP) is 4.67. The van der Waals surface area contributed by atoms with Crippen LogP contribution in [0.5, 0.6) is 0 Å². The van der Waals surface area contributed by atoms with Crippen LogP contribution in [0, 0.1) is 5.41 Å². The number of hydrogen-bond acceptors (Lipinski definition) is 3. The zero-order chi connectivity index (χ0) is 21.0. The first-order valence-corrected chi connectivity index (χ1v) is 11.0. The average molecular weight is 411 g/mol. The molecule has 2 heterocycles. The Hall–Kier alpha value is -2.40. The monoisotopic (exact) mass is 410 g/mol. The third-order valence-corrected chi connectivity index (χ3v) is 6.11. The molecule has 0 radical (unpaired) electrons. The number of thiophene rings is 1. The summed E-state index contributed by atoms with van der Waals surface area (Å²) in [6.07, 6.45) is 2.96. The number of benzene rings is 1. The number of carbonyl (C=O) groups is 2. The van der Waals surface area contributed by atoms with Crippen LogP contribution in [0.25, 0.3) is 0 Å². The fourth-order valence-corrected chi connectivity index (χ4v) is 4.71. The number of rotatable bonds is 6. The quantitative estimate of drug-likeness (QED) is 0.649. The van der Waals surface area contributed by atoms with Crippen molar-refractivity contribution in [2.24, 2.45) is 5.41 Å². The molecule has 0 bridgehead atoms. The minimum Gasteiger partial charge on any atom is -0.330 e. The zero-order valence-corrected chi connectivity index (χ0v) is 18.4. The summed E-state index contributed by atoms with van der Waals surface area (Å²) in [6, 6.07) is 12.2. The molecule has 0 saturated carbocycles. The summed E-state index contributed by atoms with van der Waals surface area (Å²) in [4.78, 5) is 31.1. The van der Waals surface area contributed by atoms with Crippen LogP contribution < -0.4 is 0 Å². The molecule has 0 aliphatic carbocycles. The second-order valence-corrected chi connectivity index (χ2v) is 9.75. The third-order valence-electron chi connectivity index (χ3n) is 5.11. The van der Waals surface area contributed by atoms with Crippen molar-refractivity contribution in [1.29, 1.82) is 0 Å². The van der Waals surface area contributed by atoms with E-state index < -0.39 is 0 Å². The Morgan fingerprint density at radius 2 is 1.97 bits per heavy atom. The first-order valence-electron chi connectivity index (χ1n) is 10.1. The third kappa shape index (κ3) is 5.15. The van der Waals surface area contributed by atoms with Crippen molar-refractivity contribution in [3.63, 3.8) is 0 Å². The fourth-order valence-electron chi connectivity index (χ4n) is 3.81. The highest BCUT2D eigenvalue weighted by Crippen LogP contribution is 2.37. The normalized spacial score (nSPS) is 16.2. The maximum atomic E-state index is 13.4. The van der Waals surface area contributed by atoms with Gasteiger partial charge in [-0.05, 0) is 34.4 Å². The molecule has 1 aromatic carbocycles. The van der Waals surface area contributed by atoms with Gasteiger partial charge in [0.2, 0.25) is 11.8 Å². The van der Waals surface area contributed by atoms with E-state index in [0.717, 1.165) is 12.0 Å². The van der Waals surface area contributed by atoms with E-state index in [-0.39, 0.29) is 29.8 Å². The van der Waals surface area contributed by atoms with Crippen molar-refractivity contribution in [2.45, 2.75) is 39.7 Å². The number of fused-ring (bicyclic) bond motifs is 1. The predicted molar refractivity (Wildman–Crippen MR) is 119 cm³/mol.